The maximum absolute atomic E-state index is 10.3. The van der Waals surface area contributed by atoms with E-state index < -0.39 is 6.29 Å². The fourth-order valence-electron chi connectivity index (χ4n) is 2.16. The summed E-state index contributed by atoms with van der Waals surface area (Å²) >= 11 is 3.45. The maximum atomic E-state index is 10.3. The SMILES string of the molecule is COc1cc(OCc2ccccc2)c(Br)c(C(OC)OC)c1O. The van der Waals surface area contributed by atoms with Gasteiger partial charge in [0.05, 0.1) is 17.1 Å². The van der Waals surface area contributed by atoms with Crippen molar-refractivity contribution in [2.45, 2.75) is 12.9 Å². The van der Waals surface area contributed by atoms with Gasteiger partial charge in [-0.05, 0) is 21.5 Å². The molecule has 124 valence electrons. The Morgan fingerprint density at radius 3 is 2.26 bits per heavy atom. The first-order valence-electron chi connectivity index (χ1n) is 6.94. The molecule has 2 rings (SSSR count). The zero-order valence-corrected chi connectivity index (χ0v) is 14.8. The zero-order valence-electron chi connectivity index (χ0n) is 13.2. The van der Waals surface area contributed by atoms with Crippen molar-refractivity contribution in [1.82, 2.24) is 0 Å². The van der Waals surface area contributed by atoms with Crippen molar-refractivity contribution in [2.75, 3.05) is 21.3 Å². The molecule has 0 aliphatic heterocycles. The highest BCUT2D eigenvalue weighted by Gasteiger charge is 2.25. The molecular formula is C17H19BrO5. The third kappa shape index (κ3) is 3.96. The van der Waals surface area contributed by atoms with Gasteiger partial charge < -0.3 is 24.1 Å². The van der Waals surface area contributed by atoms with Gasteiger partial charge in [0, 0.05) is 20.3 Å². The largest absolute Gasteiger partial charge is 0.504 e. The molecule has 0 atom stereocenters. The van der Waals surface area contributed by atoms with E-state index in [1.807, 2.05) is 30.3 Å². The van der Waals surface area contributed by atoms with E-state index in [0.29, 0.717) is 22.4 Å². The Labute approximate surface area is 143 Å². The highest BCUT2D eigenvalue weighted by atomic mass is 79.9. The molecule has 0 bridgehead atoms. The van der Waals surface area contributed by atoms with E-state index in [0.717, 1.165) is 5.56 Å². The number of hydrogen-bond donors (Lipinski definition) is 1. The summed E-state index contributed by atoms with van der Waals surface area (Å²) in [6.07, 6.45) is -0.751. The maximum Gasteiger partial charge on any atom is 0.188 e. The third-order valence-corrected chi connectivity index (χ3v) is 4.14. The number of ether oxygens (including phenoxy) is 4. The van der Waals surface area contributed by atoms with E-state index in [4.69, 9.17) is 18.9 Å². The number of methoxy groups -OCH3 is 3. The van der Waals surface area contributed by atoms with Crippen molar-refractivity contribution in [2.24, 2.45) is 0 Å². The summed E-state index contributed by atoms with van der Waals surface area (Å²) in [4.78, 5) is 0. The van der Waals surface area contributed by atoms with Crippen LogP contribution in [0.3, 0.4) is 0 Å². The Kier molecular flexibility index (Phi) is 6.27. The average Bonchev–Trinajstić information content (AvgIpc) is 2.59. The van der Waals surface area contributed by atoms with Crippen LogP contribution < -0.4 is 9.47 Å². The smallest absolute Gasteiger partial charge is 0.188 e. The number of phenolic OH excluding ortho intramolecular Hbond substituents is 1. The fourth-order valence-corrected chi connectivity index (χ4v) is 2.77. The average molecular weight is 383 g/mol. The van der Waals surface area contributed by atoms with Gasteiger partial charge in [-0.25, -0.2) is 0 Å². The number of halogens is 1. The van der Waals surface area contributed by atoms with Gasteiger partial charge >= 0.3 is 0 Å². The predicted molar refractivity (Wildman–Crippen MR) is 89.9 cm³/mol. The van der Waals surface area contributed by atoms with Crippen LogP contribution in [0.2, 0.25) is 0 Å². The van der Waals surface area contributed by atoms with Gasteiger partial charge in [0.25, 0.3) is 0 Å². The molecule has 0 aliphatic rings. The molecule has 0 unspecified atom stereocenters. The molecule has 6 heteroatoms. The van der Waals surface area contributed by atoms with Crippen molar-refractivity contribution in [3.05, 3.63) is 52.0 Å². The molecule has 0 spiro atoms. The predicted octanol–water partition coefficient (Wildman–Crippen LogP) is 4.03. The van der Waals surface area contributed by atoms with Crippen molar-refractivity contribution in [3.63, 3.8) is 0 Å². The summed E-state index contributed by atoms with van der Waals surface area (Å²) in [7, 11) is 4.45. The number of aromatic hydroxyl groups is 1. The molecule has 0 heterocycles. The van der Waals surface area contributed by atoms with Gasteiger partial charge in [-0.15, -0.1) is 0 Å². The van der Waals surface area contributed by atoms with Gasteiger partial charge in [0.15, 0.2) is 17.8 Å². The van der Waals surface area contributed by atoms with Gasteiger partial charge in [0.2, 0.25) is 0 Å². The Morgan fingerprint density at radius 1 is 1.04 bits per heavy atom. The summed E-state index contributed by atoms with van der Waals surface area (Å²) in [5, 5.41) is 10.3. The van der Waals surface area contributed by atoms with Crippen LogP contribution in [-0.2, 0) is 16.1 Å². The molecular weight excluding hydrogens is 364 g/mol. The van der Waals surface area contributed by atoms with E-state index in [1.54, 1.807) is 6.07 Å². The summed E-state index contributed by atoms with van der Waals surface area (Å²) in [6.45, 7) is 0.386. The lowest BCUT2D eigenvalue weighted by Crippen LogP contribution is -2.07. The Hall–Kier alpha value is -1.76. The summed E-state index contributed by atoms with van der Waals surface area (Å²) < 4.78 is 22.1. The highest BCUT2D eigenvalue weighted by molar-refractivity contribution is 9.10. The van der Waals surface area contributed by atoms with Crippen LogP contribution in [0.1, 0.15) is 17.4 Å². The van der Waals surface area contributed by atoms with Crippen LogP contribution in [0, 0.1) is 0 Å². The van der Waals surface area contributed by atoms with Gasteiger partial charge in [-0.1, -0.05) is 30.3 Å². The van der Waals surface area contributed by atoms with Gasteiger partial charge in [-0.3, -0.25) is 0 Å². The second-order valence-corrected chi connectivity index (χ2v) is 5.52. The minimum atomic E-state index is -0.751. The lowest BCUT2D eigenvalue weighted by molar-refractivity contribution is -0.107. The molecule has 0 saturated carbocycles. The lowest BCUT2D eigenvalue weighted by atomic mass is 10.1. The molecule has 0 fully saturated rings. The first-order chi connectivity index (χ1) is 11.1. The fraction of sp³-hybridized carbons (Fsp3) is 0.294. The number of benzene rings is 2. The molecule has 23 heavy (non-hydrogen) atoms. The molecule has 5 nitrogen and oxygen atoms in total. The van der Waals surface area contributed by atoms with Crippen molar-refractivity contribution in [1.29, 1.82) is 0 Å². The van der Waals surface area contributed by atoms with E-state index >= 15 is 0 Å². The second kappa shape index (κ2) is 8.19. The molecule has 2 aromatic rings. The number of phenols is 1. The minimum Gasteiger partial charge on any atom is -0.504 e. The Morgan fingerprint density at radius 2 is 1.70 bits per heavy atom. The van der Waals surface area contributed by atoms with E-state index in [-0.39, 0.29) is 11.5 Å². The monoisotopic (exact) mass is 382 g/mol. The number of rotatable bonds is 7. The van der Waals surface area contributed by atoms with Crippen LogP contribution in [0.25, 0.3) is 0 Å². The first kappa shape index (κ1) is 17.6. The Bertz CT molecular complexity index is 641. The van der Waals surface area contributed by atoms with E-state index in [2.05, 4.69) is 15.9 Å². The zero-order chi connectivity index (χ0) is 16.8. The molecule has 1 N–H and O–H groups in total. The molecule has 0 saturated heterocycles. The molecule has 0 amide bonds. The normalized spacial score (nSPS) is 10.8. The molecule has 0 radical (unpaired) electrons. The standard InChI is InChI=1S/C17H19BrO5/c1-20-13-9-12(23-10-11-7-5-4-6-8-11)15(18)14(16(13)19)17(21-2)22-3/h4-9,17,19H,10H2,1-3H3. The summed E-state index contributed by atoms with van der Waals surface area (Å²) in [5.74, 6) is 0.753. The highest BCUT2D eigenvalue weighted by Crippen LogP contribution is 2.46. The third-order valence-electron chi connectivity index (χ3n) is 3.32. The summed E-state index contributed by atoms with van der Waals surface area (Å²) in [6, 6.07) is 11.4. The van der Waals surface area contributed by atoms with Crippen molar-refractivity contribution < 1.29 is 24.1 Å². The second-order valence-electron chi connectivity index (χ2n) is 4.73. The topological polar surface area (TPSA) is 57.2 Å². The number of hydrogen-bond acceptors (Lipinski definition) is 5. The Balaban J connectivity index is 2.37. The van der Waals surface area contributed by atoms with Crippen LogP contribution in [-0.4, -0.2) is 26.4 Å². The van der Waals surface area contributed by atoms with Crippen LogP contribution in [0.4, 0.5) is 0 Å². The van der Waals surface area contributed by atoms with Crippen LogP contribution in [0.15, 0.2) is 40.9 Å². The van der Waals surface area contributed by atoms with Crippen LogP contribution in [0.5, 0.6) is 17.2 Å². The molecule has 2 aromatic carbocycles. The molecule has 0 aliphatic carbocycles. The van der Waals surface area contributed by atoms with Crippen molar-refractivity contribution in [3.8, 4) is 17.2 Å². The quantitative estimate of drug-likeness (QED) is 0.732. The van der Waals surface area contributed by atoms with Crippen LogP contribution >= 0.6 is 15.9 Å². The lowest BCUT2D eigenvalue weighted by Gasteiger charge is -2.20. The first-order valence-corrected chi connectivity index (χ1v) is 7.73. The van der Waals surface area contributed by atoms with Gasteiger partial charge in [0.1, 0.15) is 12.4 Å². The van der Waals surface area contributed by atoms with E-state index in [9.17, 15) is 5.11 Å². The van der Waals surface area contributed by atoms with E-state index in [1.165, 1.54) is 21.3 Å². The minimum absolute atomic E-state index is 0.0554. The summed E-state index contributed by atoms with van der Waals surface area (Å²) in [5.41, 5.74) is 1.44. The van der Waals surface area contributed by atoms with Gasteiger partial charge in [-0.2, -0.15) is 0 Å². The van der Waals surface area contributed by atoms with Crippen molar-refractivity contribution >= 4 is 15.9 Å². The molecule has 0 aromatic heterocycles.